The molecule has 126 valence electrons. The first-order valence-electron chi connectivity index (χ1n) is 9.04. The number of ether oxygens (including phenoxy) is 2. The average molecular weight is 322 g/mol. The van der Waals surface area contributed by atoms with E-state index in [1.807, 2.05) is 0 Å². The molecule has 0 saturated heterocycles. The molecule has 3 aromatic rings. The fraction of sp³-hybridized carbons (Fsp3) is 0.364. The summed E-state index contributed by atoms with van der Waals surface area (Å²) in [4.78, 5) is 0. The predicted molar refractivity (Wildman–Crippen MR) is 102 cm³/mol. The Kier molecular flexibility index (Phi) is 5.58. The zero-order chi connectivity index (χ0) is 16.8. The molecule has 2 heteroatoms. The highest BCUT2D eigenvalue weighted by atomic mass is 16.5. The molecule has 0 atom stereocenters. The molecule has 24 heavy (non-hydrogen) atoms. The molecule has 0 radical (unpaired) electrons. The third-order valence-electron chi connectivity index (χ3n) is 4.31. The quantitative estimate of drug-likeness (QED) is 0.355. The van der Waals surface area contributed by atoms with Crippen LogP contribution in [-0.2, 0) is 0 Å². The van der Waals surface area contributed by atoms with Gasteiger partial charge in [0.25, 0.3) is 0 Å². The fourth-order valence-corrected chi connectivity index (χ4v) is 2.90. The third kappa shape index (κ3) is 3.64. The highest BCUT2D eigenvalue weighted by Crippen LogP contribution is 2.34. The molecular weight excluding hydrogens is 296 g/mol. The average Bonchev–Trinajstić information content (AvgIpc) is 2.61. The lowest BCUT2D eigenvalue weighted by molar-refractivity contribution is 0.312. The van der Waals surface area contributed by atoms with E-state index in [9.17, 15) is 0 Å². The van der Waals surface area contributed by atoms with Crippen molar-refractivity contribution in [3.63, 3.8) is 0 Å². The molecule has 3 aromatic carbocycles. The topological polar surface area (TPSA) is 18.5 Å². The Balaban J connectivity index is 2.02. The van der Waals surface area contributed by atoms with Crippen LogP contribution in [0.1, 0.15) is 39.5 Å². The maximum Gasteiger partial charge on any atom is 0.127 e. The number of rotatable bonds is 8. The van der Waals surface area contributed by atoms with Gasteiger partial charge in [0.2, 0.25) is 0 Å². The number of unbranched alkanes of at least 4 members (excludes halogenated alkanes) is 2. The SMILES string of the molecule is CCCCOc1cccc2cc3cccc(OCCCC)c3cc12. The van der Waals surface area contributed by atoms with Gasteiger partial charge in [0.15, 0.2) is 0 Å². The zero-order valence-corrected chi connectivity index (χ0v) is 14.7. The Morgan fingerprint density at radius 3 is 1.62 bits per heavy atom. The lowest BCUT2D eigenvalue weighted by Crippen LogP contribution is -1.98. The standard InChI is InChI=1S/C22H26O2/c1-3-5-13-23-21-11-7-9-17-15-18-10-8-12-22(24-14-6-4-2)20(18)16-19(17)21/h7-12,15-16H,3-6,13-14H2,1-2H3. The van der Waals surface area contributed by atoms with Crippen molar-refractivity contribution in [3.8, 4) is 11.5 Å². The second kappa shape index (κ2) is 8.05. The van der Waals surface area contributed by atoms with Gasteiger partial charge in [-0.1, -0.05) is 51.0 Å². The van der Waals surface area contributed by atoms with Crippen molar-refractivity contribution >= 4 is 21.5 Å². The molecular formula is C22H26O2. The summed E-state index contributed by atoms with van der Waals surface area (Å²) in [5.41, 5.74) is 0. The monoisotopic (exact) mass is 322 g/mol. The summed E-state index contributed by atoms with van der Waals surface area (Å²) in [6.45, 7) is 5.89. The van der Waals surface area contributed by atoms with Gasteiger partial charge < -0.3 is 9.47 Å². The summed E-state index contributed by atoms with van der Waals surface area (Å²) in [6.07, 6.45) is 4.44. The lowest BCUT2D eigenvalue weighted by Gasteiger charge is -2.13. The zero-order valence-electron chi connectivity index (χ0n) is 14.7. The number of benzene rings is 3. The van der Waals surface area contributed by atoms with E-state index >= 15 is 0 Å². The largest absolute Gasteiger partial charge is 0.493 e. The van der Waals surface area contributed by atoms with Crippen molar-refractivity contribution < 1.29 is 9.47 Å². The lowest BCUT2D eigenvalue weighted by atomic mass is 10.0. The van der Waals surface area contributed by atoms with Crippen LogP contribution in [-0.4, -0.2) is 13.2 Å². The van der Waals surface area contributed by atoms with Gasteiger partial charge in [-0.2, -0.15) is 0 Å². The van der Waals surface area contributed by atoms with E-state index in [1.165, 1.54) is 10.8 Å². The van der Waals surface area contributed by atoms with E-state index in [0.29, 0.717) is 0 Å². The minimum absolute atomic E-state index is 0.766. The summed E-state index contributed by atoms with van der Waals surface area (Å²) in [5.74, 6) is 1.93. The maximum absolute atomic E-state index is 6.01. The minimum Gasteiger partial charge on any atom is -0.493 e. The second-order valence-electron chi connectivity index (χ2n) is 6.21. The predicted octanol–water partition coefficient (Wildman–Crippen LogP) is 6.35. The molecule has 0 unspecified atom stereocenters. The van der Waals surface area contributed by atoms with Crippen LogP contribution in [0.15, 0.2) is 48.5 Å². The summed E-state index contributed by atoms with van der Waals surface area (Å²) >= 11 is 0. The Hall–Kier alpha value is -2.22. The Morgan fingerprint density at radius 2 is 1.17 bits per heavy atom. The van der Waals surface area contributed by atoms with E-state index < -0.39 is 0 Å². The van der Waals surface area contributed by atoms with Gasteiger partial charge in [0.1, 0.15) is 11.5 Å². The molecule has 0 aliphatic carbocycles. The van der Waals surface area contributed by atoms with Crippen LogP contribution in [0.4, 0.5) is 0 Å². The molecule has 0 aliphatic rings. The Labute approximate surface area is 144 Å². The van der Waals surface area contributed by atoms with E-state index in [-0.39, 0.29) is 0 Å². The van der Waals surface area contributed by atoms with Crippen molar-refractivity contribution in [1.82, 2.24) is 0 Å². The maximum atomic E-state index is 6.01. The molecule has 0 N–H and O–H groups in total. The molecule has 0 bridgehead atoms. The Morgan fingerprint density at radius 1 is 0.667 bits per heavy atom. The van der Waals surface area contributed by atoms with Crippen LogP contribution in [0.2, 0.25) is 0 Å². The first kappa shape index (κ1) is 16.6. The van der Waals surface area contributed by atoms with Crippen molar-refractivity contribution in [3.05, 3.63) is 48.5 Å². The third-order valence-corrected chi connectivity index (χ3v) is 4.31. The van der Waals surface area contributed by atoms with Crippen LogP contribution in [0.25, 0.3) is 21.5 Å². The van der Waals surface area contributed by atoms with Crippen LogP contribution in [0.5, 0.6) is 11.5 Å². The van der Waals surface area contributed by atoms with Gasteiger partial charge in [0, 0.05) is 10.8 Å². The van der Waals surface area contributed by atoms with E-state index in [0.717, 1.165) is 61.2 Å². The van der Waals surface area contributed by atoms with Crippen molar-refractivity contribution in [2.24, 2.45) is 0 Å². The molecule has 0 aliphatic heterocycles. The first-order valence-corrected chi connectivity index (χ1v) is 9.04. The van der Waals surface area contributed by atoms with Gasteiger partial charge in [-0.15, -0.1) is 0 Å². The van der Waals surface area contributed by atoms with Crippen molar-refractivity contribution in [2.75, 3.05) is 13.2 Å². The van der Waals surface area contributed by atoms with E-state index in [2.05, 4.69) is 62.4 Å². The minimum atomic E-state index is 0.766. The van der Waals surface area contributed by atoms with E-state index in [1.54, 1.807) is 0 Å². The first-order chi connectivity index (χ1) is 11.8. The number of fused-ring (bicyclic) bond motifs is 2. The molecule has 3 rings (SSSR count). The molecule has 0 saturated carbocycles. The van der Waals surface area contributed by atoms with Crippen LogP contribution in [0.3, 0.4) is 0 Å². The summed E-state index contributed by atoms with van der Waals surface area (Å²) in [7, 11) is 0. The molecule has 0 amide bonds. The molecule has 2 nitrogen and oxygen atoms in total. The van der Waals surface area contributed by atoms with Crippen LogP contribution >= 0.6 is 0 Å². The molecule has 0 fully saturated rings. The fourth-order valence-electron chi connectivity index (χ4n) is 2.90. The summed E-state index contributed by atoms with van der Waals surface area (Å²) < 4.78 is 12.0. The summed E-state index contributed by atoms with van der Waals surface area (Å²) in [5, 5.41) is 4.74. The number of hydrogen-bond acceptors (Lipinski definition) is 2. The van der Waals surface area contributed by atoms with Crippen LogP contribution in [0, 0.1) is 0 Å². The highest BCUT2D eigenvalue weighted by molar-refractivity contribution is 6.03. The molecule has 0 spiro atoms. The van der Waals surface area contributed by atoms with Gasteiger partial charge in [-0.25, -0.2) is 0 Å². The van der Waals surface area contributed by atoms with Gasteiger partial charge in [0.05, 0.1) is 13.2 Å². The summed E-state index contributed by atoms with van der Waals surface area (Å²) in [6, 6.07) is 17.0. The smallest absolute Gasteiger partial charge is 0.127 e. The molecule has 0 heterocycles. The number of hydrogen-bond donors (Lipinski definition) is 0. The van der Waals surface area contributed by atoms with Crippen LogP contribution < -0.4 is 9.47 Å². The second-order valence-corrected chi connectivity index (χ2v) is 6.21. The van der Waals surface area contributed by atoms with E-state index in [4.69, 9.17) is 9.47 Å². The normalized spacial score (nSPS) is 11.1. The van der Waals surface area contributed by atoms with Gasteiger partial charge in [-0.05, 0) is 47.9 Å². The van der Waals surface area contributed by atoms with Crippen molar-refractivity contribution in [1.29, 1.82) is 0 Å². The van der Waals surface area contributed by atoms with Gasteiger partial charge >= 0.3 is 0 Å². The Bertz CT molecular complexity index is 743. The van der Waals surface area contributed by atoms with Crippen molar-refractivity contribution in [2.45, 2.75) is 39.5 Å². The molecule has 0 aromatic heterocycles. The van der Waals surface area contributed by atoms with Gasteiger partial charge in [-0.3, -0.25) is 0 Å². The highest BCUT2D eigenvalue weighted by Gasteiger charge is 2.08.